The first-order valence-electron chi connectivity index (χ1n) is 9.91. The number of likely N-dealkylation sites (tertiary alicyclic amines) is 1. The molecule has 5 heteroatoms. The van der Waals surface area contributed by atoms with Gasteiger partial charge in [0, 0.05) is 39.1 Å². The maximum atomic E-state index is 5.27. The highest BCUT2D eigenvalue weighted by Gasteiger charge is 2.26. The molecule has 1 atom stereocenters. The maximum absolute atomic E-state index is 5.27. The van der Waals surface area contributed by atoms with Crippen molar-refractivity contribution in [2.75, 3.05) is 41.3 Å². The highest BCUT2D eigenvalue weighted by atomic mass is 16.5. The van der Waals surface area contributed by atoms with Crippen LogP contribution in [0.3, 0.4) is 0 Å². The van der Waals surface area contributed by atoms with Crippen LogP contribution in [0, 0.1) is 0 Å². The van der Waals surface area contributed by atoms with Crippen molar-refractivity contribution in [3.63, 3.8) is 0 Å². The SMILES string of the molecule is CN=C(NCc1ccc(CN(C)C)cc1)N1CCC(c2ccc(OC)cc2)C1. The summed E-state index contributed by atoms with van der Waals surface area (Å²) < 4.78 is 5.27. The normalized spacial score (nSPS) is 17.2. The predicted octanol–water partition coefficient (Wildman–Crippen LogP) is 3.32. The Labute approximate surface area is 169 Å². The molecule has 1 N–H and O–H groups in total. The highest BCUT2D eigenvalue weighted by molar-refractivity contribution is 5.80. The molecule has 1 aliphatic rings. The van der Waals surface area contributed by atoms with Gasteiger partial charge < -0.3 is 19.9 Å². The molecule has 150 valence electrons. The molecule has 2 aromatic rings. The van der Waals surface area contributed by atoms with Gasteiger partial charge in [-0.1, -0.05) is 36.4 Å². The molecule has 0 aromatic heterocycles. The zero-order valence-electron chi connectivity index (χ0n) is 17.5. The summed E-state index contributed by atoms with van der Waals surface area (Å²) in [6.45, 7) is 3.78. The zero-order valence-corrected chi connectivity index (χ0v) is 17.5. The van der Waals surface area contributed by atoms with E-state index in [0.29, 0.717) is 5.92 Å². The molecule has 0 spiro atoms. The van der Waals surface area contributed by atoms with Crippen molar-refractivity contribution in [2.24, 2.45) is 4.99 Å². The molecule has 1 aliphatic heterocycles. The molecule has 0 radical (unpaired) electrons. The van der Waals surface area contributed by atoms with Gasteiger partial charge in [-0.25, -0.2) is 0 Å². The zero-order chi connectivity index (χ0) is 19.9. The number of nitrogens with one attached hydrogen (secondary N) is 1. The lowest BCUT2D eigenvalue weighted by atomic mass is 9.98. The van der Waals surface area contributed by atoms with Crippen LogP contribution in [0.5, 0.6) is 5.75 Å². The molecular weight excluding hydrogens is 348 g/mol. The third kappa shape index (κ3) is 5.26. The molecule has 0 saturated carbocycles. The minimum atomic E-state index is 0.537. The summed E-state index contributed by atoms with van der Waals surface area (Å²) in [6, 6.07) is 17.3. The summed E-state index contributed by atoms with van der Waals surface area (Å²) in [4.78, 5) is 9.04. The summed E-state index contributed by atoms with van der Waals surface area (Å²) in [5, 5.41) is 3.52. The number of aliphatic imine (C=N–C) groups is 1. The van der Waals surface area contributed by atoms with Gasteiger partial charge in [-0.15, -0.1) is 0 Å². The lowest BCUT2D eigenvalue weighted by molar-refractivity contribution is 0.402. The number of rotatable bonds is 6. The molecule has 1 fully saturated rings. The maximum Gasteiger partial charge on any atom is 0.193 e. The van der Waals surface area contributed by atoms with Crippen molar-refractivity contribution >= 4 is 5.96 Å². The standard InChI is InChI=1S/C23H32N4O/c1-24-23(25-15-18-5-7-19(8-6-18)16-26(2)3)27-14-13-21(17-27)20-9-11-22(28-4)12-10-20/h5-12,21H,13-17H2,1-4H3,(H,24,25). The number of benzene rings is 2. The average Bonchev–Trinajstić information content (AvgIpc) is 3.19. The average molecular weight is 381 g/mol. The van der Waals surface area contributed by atoms with E-state index in [1.165, 1.54) is 16.7 Å². The number of ether oxygens (including phenoxy) is 1. The molecule has 1 heterocycles. The van der Waals surface area contributed by atoms with Crippen LogP contribution in [0.1, 0.15) is 29.0 Å². The molecule has 0 bridgehead atoms. The van der Waals surface area contributed by atoms with Crippen LogP contribution in [-0.4, -0.2) is 57.1 Å². The fourth-order valence-corrected chi connectivity index (χ4v) is 3.74. The van der Waals surface area contributed by atoms with Gasteiger partial charge in [-0.2, -0.15) is 0 Å². The number of guanidine groups is 1. The summed E-state index contributed by atoms with van der Waals surface area (Å²) in [5.41, 5.74) is 3.98. The second kappa shape index (κ2) is 9.60. The quantitative estimate of drug-likeness (QED) is 0.616. The Morgan fingerprint density at radius 1 is 1.11 bits per heavy atom. The predicted molar refractivity (Wildman–Crippen MR) is 116 cm³/mol. The molecule has 2 aromatic carbocycles. The van der Waals surface area contributed by atoms with E-state index in [0.717, 1.165) is 44.3 Å². The Bertz CT molecular complexity index is 768. The topological polar surface area (TPSA) is 40.1 Å². The van der Waals surface area contributed by atoms with E-state index in [2.05, 4.69) is 70.6 Å². The highest BCUT2D eigenvalue weighted by Crippen LogP contribution is 2.28. The van der Waals surface area contributed by atoms with Gasteiger partial charge in [0.2, 0.25) is 0 Å². The van der Waals surface area contributed by atoms with Gasteiger partial charge in [0.15, 0.2) is 5.96 Å². The van der Waals surface area contributed by atoms with E-state index in [1.54, 1.807) is 7.11 Å². The van der Waals surface area contributed by atoms with Crippen LogP contribution < -0.4 is 10.1 Å². The van der Waals surface area contributed by atoms with Crippen LogP contribution in [0.4, 0.5) is 0 Å². The molecule has 28 heavy (non-hydrogen) atoms. The first kappa shape index (κ1) is 20.2. The number of nitrogens with zero attached hydrogens (tertiary/aromatic N) is 3. The summed E-state index contributed by atoms with van der Waals surface area (Å²) >= 11 is 0. The van der Waals surface area contributed by atoms with Crippen molar-refractivity contribution in [1.29, 1.82) is 0 Å². The van der Waals surface area contributed by atoms with Gasteiger partial charge in [0.25, 0.3) is 0 Å². The Morgan fingerprint density at radius 3 is 2.39 bits per heavy atom. The minimum absolute atomic E-state index is 0.537. The molecule has 0 amide bonds. The van der Waals surface area contributed by atoms with E-state index >= 15 is 0 Å². The van der Waals surface area contributed by atoms with E-state index in [1.807, 2.05) is 19.2 Å². The molecule has 0 aliphatic carbocycles. The smallest absolute Gasteiger partial charge is 0.193 e. The fraction of sp³-hybridized carbons (Fsp3) is 0.435. The van der Waals surface area contributed by atoms with E-state index in [-0.39, 0.29) is 0 Å². The third-order valence-corrected chi connectivity index (χ3v) is 5.26. The van der Waals surface area contributed by atoms with Gasteiger partial charge >= 0.3 is 0 Å². The summed E-state index contributed by atoms with van der Waals surface area (Å²) in [5.74, 6) is 2.43. The Kier molecular flexibility index (Phi) is 6.93. The number of methoxy groups -OCH3 is 1. The largest absolute Gasteiger partial charge is 0.497 e. The third-order valence-electron chi connectivity index (χ3n) is 5.26. The van der Waals surface area contributed by atoms with Gasteiger partial charge in [-0.05, 0) is 49.3 Å². The fourth-order valence-electron chi connectivity index (χ4n) is 3.74. The van der Waals surface area contributed by atoms with Crippen LogP contribution >= 0.6 is 0 Å². The van der Waals surface area contributed by atoms with Crippen LogP contribution in [0.25, 0.3) is 0 Å². The summed E-state index contributed by atoms with van der Waals surface area (Å²) in [6.07, 6.45) is 1.15. The number of hydrogen-bond acceptors (Lipinski definition) is 3. The second-order valence-corrected chi connectivity index (χ2v) is 7.66. The minimum Gasteiger partial charge on any atom is -0.497 e. The second-order valence-electron chi connectivity index (χ2n) is 7.66. The van der Waals surface area contributed by atoms with Gasteiger partial charge in [0.05, 0.1) is 7.11 Å². The van der Waals surface area contributed by atoms with Crippen molar-refractivity contribution in [2.45, 2.75) is 25.4 Å². The van der Waals surface area contributed by atoms with Crippen molar-refractivity contribution in [3.8, 4) is 5.75 Å². The van der Waals surface area contributed by atoms with Crippen LogP contribution in [0.2, 0.25) is 0 Å². The van der Waals surface area contributed by atoms with E-state index < -0.39 is 0 Å². The molecule has 3 rings (SSSR count). The molecule has 1 unspecified atom stereocenters. The van der Waals surface area contributed by atoms with Gasteiger partial charge in [-0.3, -0.25) is 4.99 Å². The van der Waals surface area contributed by atoms with Crippen LogP contribution in [0.15, 0.2) is 53.5 Å². The first-order valence-corrected chi connectivity index (χ1v) is 9.91. The lowest BCUT2D eigenvalue weighted by Crippen LogP contribution is -2.39. The van der Waals surface area contributed by atoms with Crippen molar-refractivity contribution in [3.05, 3.63) is 65.2 Å². The molecular formula is C23H32N4O. The van der Waals surface area contributed by atoms with Gasteiger partial charge in [0.1, 0.15) is 5.75 Å². The Morgan fingerprint density at radius 2 is 1.79 bits per heavy atom. The molecule has 5 nitrogen and oxygen atoms in total. The number of hydrogen-bond donors (Lipinski definition) is 1. The Hall–Kier alpha value is -2.53. The summed E-state index contributed by atoms with van der Waals surface area (Å²) in [7, 11) is 7.75. The van der Waals surface area contributed by atoms with Crippen molar-refractivity contribution in [1.82, 2.24) is 15.1 Å². The van der Waals surface area contributed by atoms with E-state index in [9.17, 15) is 0 Å². The van der Waals surface area contributed by atoms with Crippen molar-refractivity contribution < 1.29 is 4.74 Å². The first-order chi connectivity index (χ1) is 13.6. The van der Waals surface area contributed by atoms with Crippen LogP contribution in [-0.2, 0) is 13.1 Å². The van der Waals surface area contributed by atoms with E-state index in [4.69, 9.17) is 4.74 Å². The molecule has 1 saturated heterocycles. The lowest BCUT2D eigenvalue weighted by Gasteiger charge is -2.22. The Balaban J connectivity index is 1.54. The monoisotopic (exact) mass is 380 g/mol.